The molecule has 1 spiro atoms. The van der Waals surface area contributed by atoms with E-state index in [1.54, 1.807) is 12.3 Å². The van der Waals surface area contributed by atoms with Gasteiger partial charge in [-0.3, -0.25) is 14.8 Å². The van der Waals surface area contributed by atoms with Crippen LogP contribution in [0.25, 0.3) is 11.0 Å². The van der Waals surface area contributed by atoms with Gasteiger partial charge < -0.3 is 9.64 Å². The number of likely N-dealkylation sites (tertiary alicyclic amines) is 1. The average Bonchev–Trinajstić information content (AvgIpc) is 2.81. The minimum Gasteiger partial charge on any atom is -0.446 e. The summed E-state index contributed by atoms with van der Waals surface area (Å²) < 4.78 is 19.4. The molecule has 2 aromatic carbocycles. The first kappa shape index (κ1) is 23.2. The maximum absolute atomic E-state index is 13.5. The van der Waals surface area contributed by atoms with Crippen LogP contribution in [-0.2, 0) is 11.3 Å². The first-order valence-corrected chi connectivity index (χ1v) is 12.8. The van der Waals surface area contributed by atoms with E-state index in [9.17, 15) is 9.18 Å². The molecule has 0 unspecified atom stereocenters. The number of anilines is 1. The van der Waals surface area contributed by atoms with E-state index in [0.717, 1.165) is 38.3 Å². The Bertz CT molecular complexity index is 1250. The SMILES string of the molecule is C[C@@H]1CN(c2cnc3cc(F)ccc3n2)C[C@@H](C)N1C(=O)OC1CC2(C1)CN(Cc1ccccc1)C2. The fraction of sp³-hybridized carbons (Fsp3) is 0.464. The Balaban J connectivity index is 1.01. The molecule has 0 N–H and O–H groups in total. The lowest BCUT2D eigenvalue weighted by molar-refractivity contribution is -0.137. The highest BCUT2D eigenvalue weighted by molar-refractivity contribution is 5.75. The van der Waals surface area contributed by atoms with Gasteiger partial charge in [-0.25, -0.2) is 14.2 Å². The van der Waals surface area contributed by atoms with Crippen LogP contribution in [0.2, 0.25) is 0 Å². The van der Waals surface area contributed by atoms with Gasteiger partial charge in [0.05, 0.1) is 29.3 Å². The number of carbonyl (C=O) groups excluding carboxylic acids is 1. The second-order valence-corrected chi connectivity index (χ2v) is 10.9. The van der Waals surface area contributed by atoms with Gasteiger partial charge in [-0.1, -0.05) is 30.3 Å². The van der Waals surface area contributed by atoms with E-state index < -0.39 is 0 Å². The molecule has 2 aliphatic heterocycles. The fourth-order valence-corrected chi connectivity index (χ4v) is 6.30. The molecule has 1 amide bonds. The Morgan fingerprint density at radius 1 is 1.06 bits per heavy atom. The van der Waals surface area contributed by atoms with Gasteiger partial charge in [0.2, 0.25) is 0 Å². The largest absolute Gasteiger partial charge is 0.446 e. The lowest BCUT2D eigenvalue weighted by Gasteiger charge is -2.58. The molecule has 0 bridgehead atoms. The minimum atomic E-state index is -0.321. The van der Waals surface area contributed by atoms with Crippen molar-refractivity contribution in [2.24, 2.45) is 5.41 Å². The van der Waals surface area contributed by atoms with Gasteiger partial charge in [0.1, 0.15) is 17.7 Å². The number of nitrogens with zero attached hydrogens (tertiary/aromatic N) is 5. The van der Waals surface area contributed by atoms with Crippen molar-refractivity contribution in [3.63, 3.8) is 0 Å². The van der Waals surface area contributed by atoms with E-state index in [1.165, 1.54) is 17.7 Å². The Morgan fingerprint density at radius 3 is 2.50 bits per heavy atom. The van der Waals surface area contributed by atoms with Crippen LogP contribution in [0.15, 0.2) is 54.7 Å². The summed E-state index contributed by atoms with van der Waals surface area (Å²) >= 11 is 0. The number of hydrogen-bond donors (Lipinski definition) is 0. The summed E-state index contributed by atoms with van der Waals surface area (Å²) in [7, 11) is 0. The molecule has 1 aromatic heterocycles. The highest BCUT2D eigenvalue weighted by Crippen LogP contribution is 2.50. The molecule has 3 fully saturated rings. The predicted octanol–water partition coefficient (Wildman–Crippen LogP) is 4.47. The van der Waals surface area contributed by atoms with Crippen molar-refractivity contribution < 1.29 is 13.9 Å². The zero-order valence-corrected chi connectivity index (χ0v) is 20.8. The van der Waals surface area contributed by atoms with Gasteiger partial charge in [-0.05, 0) is 44.4 Å². The molecule has 1 aliphatic carbocycles. The number of piperazine rings is 1. The molecule has 8 heteroatoms. The van der Waals surface area contributed by atoms with Crippen LogP contribution < -0.4 is 4.90 Å². The minimum absolute atomic E-state index is 0.0144. The maximum atomic E-state index is 13.5. The number of halogens is 1. The third kappa shape index (κ3) is 4.39. The number of hydrogen-bond acceptors (Lipinski definition) is 6. The van der Waals surface area contributed by atoms with Gasteiger partial charge in [0.25, 0.3) is 0 Å². The molecule has 3 aromatic rings. The molecule has 2 saturated heterocycles. The van der Waals surface area contributed by atoms with Crippen LogP contribution in [0.5, 0.6) is 0 Å². The van der Waals surface area contributed by atoms with Gasteiger partial charge in [-0.15, -0.1) is 0 Å². The van der Waals surface area contributed by atoms with Crippen molar-refractivity contribution in [2.45, 2.75) is 51.4 Å². The number of rotatable bonds is 4. The maximum Gasteiger partial charge on any atom is 0.410 e. The lowest BCUT2D eigenvalue weighted by atomic mass is 9.61. The molecule has 3 aliphatic rings. The van der Waals surface area contributed by atoms with Crippen LogP contribution in [0, 0.1) is 11.2 Å². The van der Waals surface area contributed by atoms with Gasteiger partial charge in [0, 0.05) is 44.2 Å². The topological polar surface area (TPSA) is 61.8 Å². The first-order chi connectivity index (χ1) is 17.4. The Hall–Kier alpha value is -3.26. The monoisotopic (exact) mass is 489 g/mol. The number of aromatic nitrogens is 2. The van der Waals surface area contributed by atoms with E-state index in [4.69, 9.17) is 4.74 Å². The summed E-state index contributed by atoms with van der Waals surface area (Å²) in [5, 5.41) is 0. The second kappa shape index (κ2) is 9.00. The highest BCUT2D eigenvalue weighted by atomic mass is 19.1. The van der Waals surface area contributed by atoms with Crippen molar-refractivity contribution in [2.75, 3.05) is 31.1 Å². The molecule has 36 heavy (non-hydrogen) atoms. The van der Waals surface area contributed by atoms with Gasteiger partial charge >= 0.3 is 6.09 Å². The highest BCUT2D eigenvalue weighted by Gasteiger charge is 2.54. The summed E-state index contributed by atoms with van der Waals surface area (Å²) in [5.41, 5.74) is 2.87. The quantitative estimate of drug-likeness (QED) is 0.539. The molecule has 2 atom stereocenters. The first-order valence-electron chi connectivity index (χ1n) is 12.8. The van der Waals surface area contributed by atoms with Crippen LogP contribution >= 0.6 is 0 Å². The predicted molar refractivity (Wildman–Crippen MR) is 136 cm³/mol. The molecule has 188 valence electrons. The summed E-state index contributed by atoms with van der Waals surface area (Å²) in [6.45, 7) is 8.53. The van der Waals surface area contributed by atoms with Gasteiger partial charge in [-0.2, -0.15) is 0 Å². The number of amides is 1. The molecular formula is C28H32FN5O2. The number of fused-ring (bicyclic) bond motifs is 1. The van der Waals surface area contributed by atoms with Crippen molar-refractivity contribution in [1.29, 1.82) is 0 Å². The summed E-state index contributed by atoms with van der Waals surface area (Å²) in [6.07, 6.45) is 3.40. The normalized spacial score (nSPS) is 24.0. The van der Waals surface area contributed by atoms with Crippen molar-refractivity contribution in [3.8, 4) is 0 Å². The van der Waals surface area contributed by atoms with E-state index in [0.29, 0.717) is 29.5 Å². The van der Waals surface area contributed by atoms with E-state index >= 15 is 0 Å². The van der Waals surface area contributed by atoms with Crippen molar-refractivity contribution in [1.82, 2.24) is 19.8 Å². The zero-order chi connectivity index (χ0) is 24.9. The van der Waals surface area contributed by atoms with E-state index in [1.807, 2.05) is 24.8 Å². The third-order valence-electron chi connectivity index (χ3n) is 7.90. The molecule has 0 radical (unpaired) electrons. The van der Waals surface area contributed by atoms with Crippen molar-refractivity contribution in [3.05, 3.63) is 66.1 Å². The van der Waals surface area contributed by atoms with E-state index in [2.05, 4.69) is 44.0 Å². The summed E-state index contributed by atoms with van der Waals surface area (Å²) in [5.74, 6) is 0.421. The van der Waals surface area contributed by atoms with Crippen LogP contribution in [0.4, 0.5) is 15.0 Å². The molecular weight excluding hydrogens is 457 g/mol. The Morgan fingerprint density at radius 2 is 1.78 bits per heavy atom. The van der Waals surface area contributed by atoms with E-state index in [-0.39, 0.29) is 30.1 Å². The number of carbonyl (C=O) groups is 1. The zero-order valence-electron chi connectivity index (χ0n) is 20.8. The molecule has 1 saturated carbocycles. The van der Waals surface area contributed by atoms with Crippen LogP contribution in [-0.4, -0.2) is 70.2 Å². The standard InChI is InChI=1S/C28H32FN5O2/c1-19-14-33(26-13-30-25-10-22(29)8-9-24(25)31-26)15-20(2)34(19)27(35)36-23-11-28(12-23)17-32(18-28)16-21-6-4-3-5-7-21/h3-10,13,19-20,23H,11-12,14-18H2,1-2H3/t19-,20-/m1/s1. The number of benzene rings is 2. The second-order valence-electron chi connectivity index (χ2n) is 10.9. The fourth-order valence-electron chi connectivity index (χ4n) is 6.30. The van der Waals surface area contributed by atoms with Crippen LogP contribution in [0.1, 0.15) is 32.3 Å². The van der Waals surface area contributed by atoms with Crippen LogP contribution in [0.3, 0.4) is 0 Å². The smallest absolute Gasteiger partial charge is 0.410 e. The molecule has 3 heterocycles. The molecule has 7 nitrogen and oxygen atoms in total. The molecule has 6 rings (SSSR count). The van der Waals surface area contributed by atoms with Gasteiger partial charge in [0.15, 0.2) is 0 Å². The summed E-state index contributed by atoms with van der Waals surface area (Å²) in [4.78, 5) is 28.6. The Kier molecular flexibility index (Phi) is 5.79. The average molecular weight is 490 g/mol. The Labute approximate surface area is 210 Å². The number of ether oxygens (including phenoxy) is 1. The van der Waals surface area contributed by atoms with Crippen molar-refractivity contribution >= 4 is 22.9 Å². The third-order valence-corrected chi connectivity index (χ3v) is 7.90. The summed E-state index contributed by atoms with van der Waals surface area (Å²) in [6, 6.07) is 15.0. The lowest BCUT2D eigenvalue weighted by Crippen LogP contribution is -2.65.